The molecule has 2 unspecified atom stereocenters. The Bertz CT molecular complexity index is 522. The third-order valence-corrected chi connectivity index (χ3v) is 3.58. The van der Waals surface area contributed by atoms with Crippen molar-refractivity contribution in [1.29, 1.82) is 0 Å². The zero-order valence-electron chi connectivity index (χ0n) is 11.6. The van der Waals surface area contributed by atoms with Crippen molar-refractivity contribution in [2.45, 2.75) is 26.1 Å². The molecule has 2 atom stereocenters. The van der Waals surface area contributed by atoms with Gasteiger partial charge in [0, 0.05) is 4.88 Å². The first-order valence-electron chi connectivity index (χ1n) is 6.26. The smallest absolute Gasteiger partial charge is 0.380 e. The first-order chi connectivity index (χ1) is 9.92. The fourth-order valence-electron chi connectivity index (χ4n) is 1.44. The number of Topliss-reactive ketones (excluding diaryl/α,β-unsaturated/α-hetero) is 1. The van der Waals surface area contributed by atoms with Crippen LogP contribution in [-0.2, 0) is 19.1 Å². The molecule has 0 saturated heterocycles. The van der Waals surface area contributed by atoms with Gasteiger partial charge in [-0.3, -0.25) is 4.79 Å². The number of hydrogen-bond acceptors (Lipinski definition) is 8. The lowest BCUT2D eigenvalue weighted by atomic mass is 10.1. The van der Waals surface area contributed by atoms with Gasteiger partial charge < -0.3 is 19.7 Å². The Morgan fingerprint density at radius 3 is 2.33 bits per heavy atom. The van der Waals surface area contributed by atoms with Crippen molar-refractivity contribution < 1.29 is 34.1 Å². The molecular formula is C13H16O7S. The molecular weight excluding hydrogens is 300 g/mol. The molecule has 0 fully saturated rings. The molecule has 1 aromatic heterocycles. The summed E-state index contributed by atoms with van der Waals surface area (Å²) in [6.45, 7) is 3.29. The molecule has 1 heterocycles. The van der Waals surface area contributed by atoms with Crippen LogP contribution in [0.15, 0.2) is 12.1 Å². The van der Waals surface area contributed by atoms with Gasteiger partial charge in [-0.2, -0.15) is 0 Å². The lowest BCUT2D eigenvalue weighted by molar-refractivity contribution is -0.159. The largest absolute Gasteiger partial charge is 0.464 e. The van der Waals surface area contributed by atoms with E-state index in [2.05, 4.69) is 9.47 Å². The molecule has 7 nitrogen and oxygen atoms in total. The van der Waals surface area contributed by atoms with Crippen LogP contribution in [0.1, 0.15) is 34.5 Å². The van der Waals surface area contributed by atoms with Gasteiger partial charge in [0.25, 0.3) is 5.78 Å². The van der Waals surface area contributed by atoms with E-state index in [1.807, 2.05) is 0 Å². The van der Waals surface area contributed by atoms with E-state index in [1.54, 1.807) is 13.8 Å². The zero-order chi connectivity index (χ0) is 16.0. The summed E-state index contributed by atoms with van der Waals surface area (Å²) < 4.78 is 9.16. The van der Waals surface area contributed by atoms with Crippen LogP contribution in [0.3, 0.4) is 0 Å². The maximum atomic E-state index is 11.7. The summed E-state index contributed by atoms with van der Waals surface area (Å²) in [5.41, 5.74) is 0. The first-order valence-corrected chi connectivity index (χ1v) is 7.07. The fraction of sp³-hybridized carbons (Fsp3) is 0.462. The predicted octanol–water partition coefficient (Wildman–Crippen LogP) is 0.451. The number of ketones is 1. The number of aliphatic hydroxyl groups excluding tert-OH is 2. The van der Waals surface area contributed by atoms with Crippen molar-refractivity contribution in [3.05, 3.63) is 21.9 Å². The van der Waals surface area contributed by atoms with Crippen LogP contribution in [0.2, 0.25) is 0 Å². The summed E-state index contributed by atoms with van der Waals surface area (Å²) in [4.78, 5) is 34.5. The van der Waals surface area contributed by atoms with E-state index in [4.69, 9.17) is 0 Å². The molecule has 2 N–H and O–H groups in total. The highest BCUT2D eigenvalue weighted by atomic mass is 32.1. The lowest BCUT2D eigenvalue weighted by Gasteiger charge is -2.14. The quantitative estimate of drug-likeness (QED) is 0.427. The van der Waals surface area contributed by atoms with Gasteiger partial charge in [-0.1, -0.05) is 0 Å². The van der Waals surface area contributed by atoms with Crippen LogP contribution in [0, 0.1) is 0 Å². The Hall–Kier alpha value is -1.77. The van der Waals surface area contributed by atoms with Crippen LogP contribution in [0.5, 0.6) is 0 Å². The van der Waals surface area contributed by atoms with Crippen molar-refractivity contribution in [3.8, 4) is 0 Å². The number of hydrogen-bond donors (Lipinski definition) is 2. The van der Waals surface area contributed by atoms with Gasteiger partial charge in [0.2, 0.25) is 0 Å². The van der Waals surface area contributed by atoms with Gasteiger partial charge in [0.15, 0.2) is 6.10 Å². The molecule has 0 aliphatic heterocycles. The number of thiophene rings is 1. The van der Waals surface area contributed by atoms with E-state index in [1.165, 1.54) is 12.1 Å². The Morgan fingerprint density at radius 1 is 1.14 bits per heavy atom. The number of esters is 2. The van der Waals surface area contributed by atoms with Gasteiger partial charge >= 0.3 is 11.9 Å². The molecule has 0 aromatic carbocycles. The zero-order valence-corrected chi connectivity index (χ0v) is 12.4. The third kappa shape index (κ3) is 4.35. The minimum atomic E-state index is -1.76. The second-order valence-corrected chi connectivity index (χ2v) is 5.01. The summed E-state index contributed by atoms with van der Waals surface area (Å²) in [5, 5.41) is 19.5. The average Bonchev–Trinajstić information content (AvgIpc) is 2.95. The maximum absolute atomic E-state index is 11.7. The molecule has 0 aliphatic carbocycles. The van der Waals surface area contributed by atoms with Crippen LogP contribution < -0.4 is 0 Å². The van der Waals surface area contributed by atoms with Crippen molar-refractivity contribution >= 4 is 29.1 Å². The Kier molecular flexibility index (Phi) is 6.47. The third-order valence-electron chi connectivity index (χ3n) is 2.43. The number of carbonyl (C=O) groups is 3. The minimum absolute atomic E-state index is 0.0542. The van der Waals surface area contributed by atoms with E-state index < -0.39 is 29.9 Å². The topological polar surface area (TPSA) is 110 Å². The van der Waals surface area contributed by atoms with Crippen LogP contribution in [0.4, 0.5) is 0 Å². The van der Waals surface area contributed by atoms with Gasteiger partial charge in [-0.25, -0.2) is 9.59 Å². The highest BCUT2D eigenvalue weighted by molar-refractivity contribution is 7.14. The molecule has 8 heteroatoms. The average molecular weight is 316 g/mol. The maximum Gasteiger partial charge on any atom is 0.380 e. The molecule has 21 heavy (non-hydrogen) atoms. The summed E-state index contributed by atoms with van der Waals surface area (Å²) >= 11 is 0.799. The van der Waals surface area contributed by atoms with Crippen molar-refractivity contribution in [2.75, 3.05) is 13.2 Å². The van der Waals surface area contributed by atoms with Gasteiger partial charge in [-0.15, -0.1) is 11.3 Å². The second-order valence-electron chi connectivity index (χ2n) is 3.89. The number of aliphatic hydroxyl groups is 2. The van der Waals surface area contributed by atoms with E-state index in [-0.39, 0.29) is 23.0 Å². The van der Waals surface area contributed by atoms with E-state index >= 15 is 0 Å². The predicted molar refractivity (Wildman–Crippen MR) is 72.9 cm³/mol. The molecule has 0 amide bonds. The van der Waals surface area contributed by atoms with Crippen molar-refractivity contribution in [1.82, 2.24) is 0 Å². The Balaban J connectivity index is 2.81. The highest BCUT2D eigenvalue weighted by Crippen LogP contribution is 2.26. The standard InChI is InChI=1S/C13H16O7S/c1-3-19-12(17)10(15)8-6-5-7(21-8)9(14)11(16)13(18)20-4-2/h5-6,9,11,14,16H,3-4H2,1-2H3. The van der Waals surface area contributed by atoms with Crippen LogP contribution >= 0.6 is 11.3 Å². The van der Waals surface area contributed by atoms with Crippen molar-refractivity contribution in [3.63, 3.8) is 0 Å². The van der Waals surface area contributed by atoms with Gasteiger partial charge in [0.05, 0.1) is 18.1 Å². The molecule has 0 aliphatic rings. The molecule has 1 aromatic rings. The number of rotatable bonds is 7. The minimum Gasteiger partial charge on any atom is -0.464 e. The Morgan fingerprint density at radius 2 is 1.76 bits per heavy atom. The highest BCUT2D eigenvalue weighted by Gasteiger charge is 2.29. The lowest BCUT2D eigenvalue weighted by Crippen LogP contribution is -2.29. The van der Waals surface area contributed by atoms with Crippen molar-refractivity contribution in [2.24, 2.45) is 0 Å². The second kappa shape index (κ2) is 7.87. The van der Waals surface area contributed by atoms with Gasteiger partial charge in [0.1, 0.15) is 6.10 Å². The summed E-state index contributed by atoms with van der Waals surface area (Å²) in [6.07, 6.45) is -3.29. The molecule has 0 bridgehead atoms. The Labute approximate surface area is 125 Å². The van der Waals surface area contributed by atoms with E-state index in [0.717, 1.165) is 11.3 Å². The molecule has 1 rings (SSSR count). The monoisotopic (exact) mass is 316 g/mol. The number of carbonyl (C=O) groups excluding carboxylic acids is 3. The summed E-state index contributed by atoms with van der Waals surface area (Å²) in [7, 11) is 0. The van der Waals surface area contributed by atoms with Crippen LogP contribution in [0.25, 0.3) is 0 Å². The van der Waals surface area contributed by atoms with E-state index in [0.29, 0.717) is 0 Å². The molecule has 116 valence electrons. The SMILES string of the molecule is CCOC(=O)C(=O)c1ccc(C(O)C(O)C(=O)OCC)s1. The summed E-state index contributed by atoms with van der Waals surface area (Å²) in [6, 6.07) is 2.67. The van der Waals surface area contributed by atoms with Crippen LogP contribution in [-0.4, -0.2) is 47.3 Å². The fourth-order valence-corrected chi connectivity index (χ4v) is 2.39. The normalized spacial score (nSPS) is 13.3. The first kappa shape index (κ1) is 17.3. The molecule has 0 spiro atoms. The van der Waals surface area contributed by atoms with E-state index in [9.17, 15) is 24.6 Å². The number of ether oxygens (including phenoxy) is 2. The molecule has 0 saturated carbocycles. The van der Waals surface area contributed by atoms with Gasteiger partial charge in [-0.05, 0) is 26.0 Å². The molecule has 0 radical (unpaired) electrons. The summed E-state index contributed by atoms with van der Waals surface area (Å²) in [5.74, 6) is -2.80.